The third kappa shape index (κ3) is 2.27. The SMILES string of the molecule is Cc1cc(C(Br)c2ccoc2C)c(F)cc1F. The first-order valence-electron chi connectivity index (χ1n) is 5.14. The molecule has 4 heteroatoms. The van der Waals surface area contributed by atoms with Crippen molar-refractivity contribution in [2.24, 2.45) is 0 Å². The van der Waals surface area contributed by atoms with Crippen LogP contribution in [0, 0.1) is 25.5 Å². The zero-order valence-electron chi connectivity index (χ0n) is 9.43. The quantitative estimate of drug-likeness (QED) is 0.735. The fourth-order valence-corrected chi connectivity index (χ4v) is 2.52. The zero-order chi connectivity index (χ0) is 12.6. The van der Waals surface area contributed by atoms with E-state index in [1.807, 2.05) is 0 Å². The predicted molar refractivity (Wildman–Crippen MR) is 65.3 cm³/mol. The number of benzene rings is 1. The van der Waals surface area contributed by atoms with Crippen molar-refractivity contribution in [2.75, 3.05) is 0 Å². The van der Waals surface area contributed by atoms with E-state index in [0.29, 0.717) is 16.9 Å². The van der Waals surface area contributed by atoms with Gasteiger partial charge in [0.15, 0.2) is 0 Å². The molecule has 0 aliphatic heterocycles. The molecule has 17 heavy (non-hydrogen) atoms. The number of aryl methyl sites for hydroxylation is 2. The van der Waals surface area contributed by atoms with E-state index in [0.717, 1.165) is 11.6 Å². The first-order chi connectivity index (χ1) is 8.00. The van der Waals surface area contributed by atoms with Gasteiger partial charge in [-0.1, -0.05) is 15.9 Å². The van der Waals surface area contributed by atoms with E-state index in [1.54, 1.807) is 26.2 Å². The third-order valence-electron chi connectivity index (χ3n) is 2.72. The number of alkyl halides is 1. The van der Waals surface area contributed by atoms with E-state index in [-0.39, 0.29) is 4.83 Å². The average Bonchev–Trinajstić information content (AvgIpc) is 2.69. The molecule has 0 fully saturated rings. The van der Waals surface area contributed by atoms with Gasteiger partial charge in [-0.3, -0.25) is 0 Å². The van der Waals surface area contributed by atoms with Crippen LogP contribution in [0.1, 0.15) is 27.3 Å². The first-order valence-corrected chi connectivity index (χ1v) is 6.06. The third-order valence-corrected chi connectivity index (χ3v) is 3.71. The Labute approximate surface area is 107 Å². The Morgan fingerprint density at radius 2 is 1.82 bits per heavy atom. The van der Waals surface area contributed by atoms with Crippen molar-refractivity contribution in [3.8, 4) is 0 Å². The van der Waals surface area contributed by atoms with Gasteiger partial charge in [0.1, 0.15) is 17.4 Å². The predicted octanol–water partition coefficient (Wildman–Crippen LogP) is 4.66. The van der Waals surface area contributed by atoms with Gasteiger partial charge in [0.05, 0.1) is 11.1 Å². The molecule has 1 unspecified atom stereocenters. The Bertz CT molecular complexity index is 548. The largest absolute Gasteiger partial charge is 0.469 e. The Hall–Kier alpha value is -1.16. The van der Waals surface area contributed by atoms with Gasteiger partial charge in [-0.2, -0.15) is 0 Å². The van der Waals surface area contributed by atoms with Crippen molar-refractivity contribution in [1.82, 2.24) is 0 Å². The molecular weight excluding hydrogens is 290 g/mol. The molecule has 1 aromatic heterocycles. The fourth-order valence-electron chi connectivity index (χ4n) is 1.70. The van der Waals surface area contributed by atoms with Gasteiger partial charge in [-0.15, -0.1) is 0 Å². The summed E-state index contributed by atoms with van der Waals surface area (Å²) in [6.45, 7) is 3.41. The molecule has 0 saturated heterocycles. The number of hydrogen-bond donors (Lipinski definition) is 0. The van der Waals surface area contributed by atoms with Crippen LogP contribution in [0.15, 0.2) is 28.9 Å². The first kappa shape index (κ1) is 12.3. The normalized spacial score (nSPS) is 12.8. The lowest BCUT2D eigenvalue weighted by Gasteiger charge is -2.12. The minimum Gasteiger partial charge on any atom is -0.469 e. The van der Waals surface area contributed by atoms with Gasteiger partial charge >= 0.3 is 0 Å². The Kier molecular flexibility index (Phi) is 3.33. The fraction of sp³-hybridized carbons (Fsp3) is 0.231. The van der Waals surface area contributed by atoms with Gasteiger partial charge in [0.2, 0.25) is 0 Å². The lowest BCUT2D eigenvalue weighted by Crippen LogP contribution is -1.99. The highest BCUT2D eigenvalue weighted by atomic mass is 79.9. The Balaban J connectivity index is 2.48. The summed E-state index contributed by atoms with van der Waals surface area (Å²) in [5, 5.41) is 0. The number of hydrogen-bond acceptors (Lipinski definition) is 1. The highest BCUT2D eigenvalue weighted by molar-refractivity contribution is 9.09. The lowest BCUT2D eigenvalue weighted by atomic mass is 10.0. The van der Waals surface area contributed by atoms with Crippen molar-refractivity contribution in [3.63, 3.8) is 0 Å². The second-order valence-corrected chi connectivity index (χ2v) is 4.83. The molecule has 0 radical (unpaired) electrons. The van der Waals surface area contributed by atoms with E-state index >= 15 is 0 Å². The summed E-state index contributed by atoms with van der Waals surface area (Å²) in [6, 6.07) is 4.19. The Morgan fingerprint density at radius 3 is 2.41 bits per heavy atom. The molecule has 1 nitrogen and oxygen atoms in total. The van der Waals surface area contributed by atoms with E-state index < -0.39 is 11.6 Å². The number of rotatable bonds is 2. The van der Waals surface area contributed by atoms with Crippen LogP contribution in [0.3, 0.4) is 0 Å². The summed E-state index contributed by atoms with van der Waals surface area (Å²) >= 11 is 3.41. The van der Waals surface area contributed by atoms with Crippen LogP contribution < -0.4 is 0 Å². The molecule has 2 rings (SSSR count). The standard InChI is InChI=1S/C13H11BrF2O/c1-7-5-10(12(16)6-11(7)15)13(14)9-3-4-17-8(9)2/h3-6,13H,1-2H3. The highest BCUT2D eigenvalue weighted by Gasteiger charge is 2.19. The van der Waals surface area contributed by atoms with Crippen LogP contribution in [0.2, 0.25) is 0 Å². The molecular formula is C13H11BrF2O. The van der Waals surface area contributed by atoms with Crippen LogP contribution in [0.5, 0.6) is 0 Å². The maximum Gasteiger partial charge on any atom is 0.130 e. The van der Waals surface area contributed by atoms with Crippen LogP contribution in [-0.2, 0) is 0 Å². The average molecular weight is 301 g/mol. The van der Waals surface area contributed by atoms with Gasteiger partial charge in [-0.05, 0) is 31.5 Å². The summed E-state index contributed by atoms with van der Waals surface area (Å²) in [6.07, 6.45) is 1.55. The van der Waals surface area contributed by atoms with Crippen molar-refractivity contribution in [3.05, 3.63) is 58.5 Å². The van der Waals surface area contributed by atoms with Gasteiger partial charge in [0, 0.05) is 17.2 Å². The number of furan rings is 1. The van der Waals surface area contributed by atoms with Crippen LogP contribution in [0.25, 0.3) is 0 Å². The minimum atomic E-state index is -0.560. The summed E-state index contributed by atoms with van der Waals surface area (Å²) in [7, 11) is 0. The minimum absolute atomic E-state index is 0.333. The van der Waals surface area contributed by atoms with E-state index in [1.165, 1.54) is 6.07 Å². The molecule has 1 atom stereocenters. The van der Waals surface area contributed by atoms with E-state index in [9.17, 15) is 8.78 Å². The van der Waals surface area contributed by atoms with Crippen molar-refractivity contribution in [2.45, 2.75) is 18.7 Å². The molecule has 0 bridgehead atoms. The molecule has 0 aliphatic rings. The molecule has 1 aromatic carbocycles. The molecule has 0 amide bonds. The monoisotopic (exact) mass is 300 g/mol. The maximum absolute atomic E-state index is 13.7. The second kappa shape index (κ2) is 4.61. The van der Waals surface area contributed by atoms with Crippen LogP contribution >= 0.6 is 15.9 Å². The molecule has 0 saturated carbocycles. The molecule has 0 aliphatic carbocycles. The van der Waals surface area contributed by atoms with Crippen LogP contribution in [-0.4, -0.2) is 0 Å². The van der Waals surface area contributed by atoms with E-state index in [2.05, 4.69) is 15.9 Å². The summed E-state index contributed by atoms with van der Waals surface area (Å²) in [4.78, 5) is -0.333. The zero-order valence-corrected chi connectivity index (χ0v) is 11.0. The molecule has 0 N–H and O–H groups in total. The van der Waals surface area contributed by atoms with Crippen LogP contribution in [0.4, 0.5) is 8.78 Å². The Morgan fingerprint density at radius 1 is 1.12 bits per heavy atom. The smallest absolute Gasteiger partial charge is 0.130 e. The maximum atomic E-state index is 13.7. The summed E-state index contributed by atoms with van der Waals surface area (Å²) in [5.41, 5.74) is 1.68. The van der Waals surface area contributed by atoms with Crippen molar-refractivity contribution < 1.29 is 13.2 Å². The second-order valence-electron chi connectivity index (χ2n) is 3.92. The van der Waals surface area contributed by atoms with Crippen molar-refractivity contribution in [1.29, 1.82) is 0 Å². The summed E-state index contributed by atoms with van der Waals surface area (Å²) in [5.74, 6) is -0.376. The topological polar surface area (TPSA) is 13.1 Å². The van der Waals surface area contributed by atoms with Gasteiger partial charge in [-0.25, -0.2) is 8.78 Å². The molecule has 90 valence electrons. The van der Waals surface area contributed by atoms with Crippen molar-refractivity contribution >= 4 is 15.9 Å². The van der Waals surface area contributed by atoms with Gasteiger partial charge < -0.3 is 4.42 Å². The molecule has 1 heterocycles. The lowest BCUT2D eigenvalue weighted by molar-refractivity contribution is 0.529. The van der Waals surface area contributed by atoms with Gasteiger partial charge in [0.25, 0.3) is 0 Å². The number of halogens is 3. The highest BCUT2D eigenvalue weighted by Crippen LogP contribution is 2.35. The summed E-state index contributed by atoms with van der Waals surface area (Å²) < 4.78 is 32.0. The molecule has 2 aromatic rings. The van der Waals surface area contributed by atoms with E-state index in [4.69, 9.17) is 4.42 Å². The molecule has 0 spiro atoms.